The average molecular weight is 297 g/mol. The summed E-state index contributed by atoms with van der Waals surface area (Å²) >= 11 is 0. The Hall–Kier alpha value is -1.40. The van der Waals surface area contributed by atoms with Gasteiger partial charge in [0.05, 0.1) is 12.1 Å². The largest absolute Gasteiger partial charge is 0.444 e. The molecule has 1 aliphatic carbocycles. The van der Waals surface area contributed by atoms with Gasteiger partial charge in [-0.25, -0.2) is 4.79 Å². The second-order valence-electron chi connectivity index (χ2n) is 6.75. The number of amides is 1. The molecule has 0 spiro atoms. The van der Waals surface area contributed by atoms with Crippen molar-refractivity contribution >= 4 is 11.9 Å². The summed E-state index contributed by atoms with van der Waals surface area (Å²) in [5, 5.41) is 20.4. The first kappa shape index (κ1) is 16.0. The minimum absolute atomic E-state index is 0.0910. The van der Waals surface area contributed by atoms with Crippen LogP contribution in [0.5, 0.6) is 0 Å². The van der Waals surface area contributed by atoms with Gasteiger partial charge in [-0.3, -0.25) is 4.79 Å². The molecule has 3 atom stereocenters. The zero-order valence-corrected chi connectivity index (χ0v) is 12.7. The summed E-state index contributed by atoms with van der Waals surface area (Å²) in [5.74, 6) is -0.465. The molecule has 0 aromatic carbocycles. The van der Waals surface area contributed by atoms with Crippen LogP contribution in [0.1, 0.15) is 40.0 Å². The Kier molecular flexibility index (Phi) is 4.13. The number of hydrogen-bond donors (Lipinski definition) is 2. The van der Waals surface area contributed by atoms with Crippen molar-refractivity contribution < 1.29 is 24.5 Å². The number of likely N-dealkylation sites (tertiary alicyclic amines) is 1. The maximum absolute atomic E-state index is 12.2. The fourth-order valence-electron chi connectivity index (χ4n) is 2.93. The highest BCUT2D eigenvalue weighted by Crippen LogP contribution is 2.34. The molecule has 1 amide bonds. The van der Waals surface area contributed by atoms with Crippen molar-refractivity contribution in [1.29, 1.82) is 0 Å². The maximum Gasteiger partial charge on any atom is 0.410 e. The first-order valence-corrected chi connectivity index (χ1v) is 7.26. The van der Waals surface area contributed by atoms with Crippen LogP contribution >= 0.6 is 0 Å². The molecule has 0 radical (unpaired) electrons. The van der Waals surface area contributed by atoms with E-state index < -0.39 is 35.2 Å². The van der Waals surface area contributed by atoms with E-state index in [9.17, 15) is 19.8 Å². The van der Waals surface area contributed by atoms with Crippen LogP contribution in [0.4, 0.5) is 4.79 Å². The fourth-order valence-corrected chi connectivity index (χ4v) is 2.93. The van der Waals surface area contributed by atoms with Gasteiger partial charge in [0, 0.05) is 13.0 Å². The highest BCUT2D eigenvalue weighted by atomic mass is 16.6. The Bertz CT molecular complexity index is 467. The van der Waals surface area contributed by atoms with Crippen LogP contribution in [0.3, 0.4) is 0 Å². The van der Waals surface area contributed by atoms with Crippen LogP contribution in [0.2, 0.25) is 0 Å². The topological polar surface area (TPSA) is 87.1 Å². The molecular formula is C15H23NO5. The summed E-state index contributed by atoms with van der Waals surface area (Å²) in [7, 11) is 0. The number of hydrogen-bond acceptors (Lipinski definition) is 5. The molecule has 0 bridgehead atoms. The summed E-state index contributed by atoms with van der Waals surface area (Å²) in [6.45, 7) is 5.74. The summed E-state index contributed by atoms with van der Waals surface area (Å²) in [5.41, 5.74) is -2.37. The lowest BCUT2D eigenvalue weighted by Crippen LogP contribution is -2.58. The van der Waals surface area contributed by atoms with Crippen molar-refractivity contribution in [1.82, 2.24) is 4.90 Å². The van der Waals surface area contributed by atoms with E-state index in [1.165, 1.54) is 17.1 Å². The van der Waals surface area contributed by atoms with Crippen molar-refractivity contribution in [3.05, 3.63) is 12.2 Å². The van der Waals surface area contributed by atoms with Gasteiger partial charge in [0.2, 0.25) is 0 Å². The molecule has 1 aliphatic heterocycles. The van der Waals surface area contributed by atoms with E-state index in [0.29, 0.717) is 19.4 Å². The van der Waals surface area contributed by atoms with Crippen molar-refractivity contribution in [3.63, 3.8) is 0 Å². The quantitative estimate of drug-likeness (QED) is 0.754. The lowest BCUT2D eigenvalue weighted by Gasteiger charge is -2.40. The van der Waals surface area contributed by atoms with Crippen LogP contribution in [-0.2, 0) is 9.53 Å². The number of rotatable bonds is 1. The van der Waals surface area contributed by atoms with Gasteiger partial charge in [-0.15, -0.1) is 0 Å². The summed E-state index contributed by atoms with van der Waals surface area (Å²) in [6.07, 6.45) is 2.26. The van der Waals surface area contributed by atoms with Gasteiger partial charge in [-0.05, 0) is 39.7 Å². The Morgan fingerprint density at radius 2 is 2.14 bits per heavy atom. The van der Waals surface area contributed by atoms with Crippen LogP contribution in [0, 0.1) is 0 Å². The number of nitrogens with zero attached hydrogens (tertiary/aromatic N) is 1. The molecule has 2 N–H and O–H groups in total. The van der Waals surface area contributed by atoms with Crippen LogP contribution < -0.4 is 0 Å². The highest BCUT2D eigenvalue weighted by Gasteiger charge is 2.51. The molecule has 1 fully saturated rings. The average Bonchev–Trinajstić information content (AvgIpc) is 2.82. The maximum atomic E-state index is 12.2. The Balaban J connectivity index is 2.20. The summed E-state index contributed by atoms with van der Waals surface area (Å²) in [6, 6.07) is -0.653. The third-order valence-electron chi connectivity index (χ3n) is 3.85. The van der Waals surface area contributed by atoms with Crippen LogP contribution in [-0.4, -0.2) is 56.9 Å². The Morgan fingerprint density at radius 3 is 2.76 bits per heavy atom. The number of aliphatic hydroxyl groups is 2. The molecule has 118 valence electrons. The van der Waals surface area contributed by atoms with Crippen molar-refractivity contribution in [2.45, 2.75) is 63.4 Å². The predicted octanol–water partition coefficient (Wildman–Crippen LogP) is 1.01. The molecule has 0 aromatic rings. The molecule has 1 heterocycles. The number of carbonyl (C=O) groups excluding carboxylic acids is 2. The molecule has 2 rings (SSSR count). The number of ether oxygens (including phenoxy) is 1. The smallest absolute Gasteiger partial charge is 0.410 e. The molecular weight excluding hydrogens is 274 g/mol. The minimum Gasteiger partial charge on any atom is -0.444 e. The normalized spacial score (nSPS) is 33.4. The lowest BCUT2D eigenvalue weighted by atomic mass is 9.79. The Labute approximate surface area is 124 Å². The molecule has 1 saturated heterocycles. The summed E-state index contributed by atoms with van der Waals surface area (Å²) < 4.78 is 5.33. The molecule has 0 unspecified atom stereocenters. The van der Waals surface area contributed by atoms with E-state index in [2.05, 4.69) is 0 Å². The van der Waals surface area contributed by atoms with Gasteiger partial charge in [0.1, 0.15) is 11.2 Å². The molecule has 0 aromatic heterocycles. The standard InChI is InChI=1S/C15H23NO5/c1-14(2,3)21-13(19)16-8-4-5-11(16)15(20)9-10(17)6-7-12(15)18/h6-7,10-11,17,20H,4-5,8-9H2,1-3H3/t10-,11+,15+/m0/s1. The Morgan fingerprint density at radius 1 is 1.48 bits per heavy atom. The van der Waals surface area contributed by atoms with E-state index in [1.807, 2.05) is 0 Å². The summed E-state index contributed by atoms with van der Waals surface area (Å²) in [4.78, 5) is 25.7. The SMILES string of the molecule is CC(C)(C)OC(=O)N1CCC[C@@H]1[C@]1(O)C[C@@H](O)C=CC1=O. The van der Waals surface area contributed by atoms with E-state index in [0.717, 1.165) is 0 Å². The van der Waals surface area contributed by atoms with Crippen molar-refractivity contribution in [3.8, 4) is 0 Å². The molecule has 6 nitrogen and oxygen atoms in total. The molecule has 2 aliphatic rings. The van der Waals surface area contributed by atoms with Crippen LogP contribution in [0.15, 0.2) is 12.2 Å². The molecule has 0 saturated carbocycles. The van der Waals surface area contributed by atoms with E-state index in [4.69, 9.17) is 4.74 Å². The zero-order chi connectivity index (χ0) is 15.8. The predicted molar refractivity (Wildman–Crippen MR) is 75.7 cm³/mol. The minimum atomic E-state index is -1.73. The lowest BCUT2D eigenvalue weighted by molar-refractivity contribution is -0.143. The van der Waals surface area contributed by atoms with E-state index in [1.54, 1.807) is 20.8 Å². The second kappa shape index (κ2) is 5.42. The number of aliphatic hydroxyl groups excluding tert-OH is 1. The van der Waals surface area contributed by atoms with Crippen molar-refractivity contribution in [2.24, 2.45) is 0 Å². The van der Waals surface area contributed by atoms with Crippen molar-refractivity contribution in [2.75, 3.05) is 6.54 Å². The van der Waals surface area contributed by atoms with Gasteiger partial charge in [-0.1, -0.05) is 6.08 Å². The van der Waals surface area contributed by atoms with Crippen LogP contribution in [0.25, 0.3) is 0 Å². The third kappa shape index (κ3) is 3.27. The third-order valence-corrected chi connectivity index (χ3v) is 3.85. The number of ketones is 1. The molecule has 6 heteroatoms. The van der Waals surface area contributed by atoms with Gasteiger partial charge < -0.3 is 19.8 Å². The first-order chi connectivity index (χ1) is 9.63. The zero-order valence-electron chi connectivity index (χ0n) is 12.7. The van der Waals surface area contributed by atoms with Gasteiger partial charge >= 0.3 is 6.09 Å². The fraction of sp³-hybridized carbons (Fsp3) is 0.733. The highest BCUT2D eigenvalue weighted by molar-refractivity contribution is 5.99. The monoisotopic (exact) mass is 297 g/mol. The van der Waals surface area contributed by atoms with Gasteiger partial charge in [0.25, 0.3) is 0 Å². The van der Waals surface area contributed by atoms with Gasteiger partial charge in [-0.2, -0.15) is 0 Å². The van der Waals surface area contributed by atoms with E-state index >= 15 is 0 Å². The first-order valence-electron chi connectivity index (χ1n) is 7.26. The second-order valence-corrected chi connectivity index (χ2v) is 6.75. The number of carbonyl (C=O) groups is 2. The molecule has 21 heavy (non-hydrogen) atoms. The van der Waals surface area contributed by atoms with E-state index in [-0.39, 0.29) is 6.42 Å². The van der Waals surface area contributed by atoms with Gasteiger partial charge in [0.15, 0.2) is 5.78 Å².